The average Bonchev–Trinajstić information content (AvgIpc) is 3.40. The molecule has 0 N–H and O–H groups in total. The number of aryl methyl sites for hydroxylation is 1. The highest BCUT2D eigenvalue weighted by molar-refractivity contribution is 6.18. The third kappa shape index (κ3) is 10.6. The lowest BCUT2D eigenvalue weighted by atomic mass is 9.87. The molecule has 7 aromatic carbocycles. The van der Waals surface area contributed by atoms with Gasteiger partial charge in [0.05, 0.1) is 79.4 Å². The number of fused-ring (bicyclic) bond motifs is 2. The molecule has 0 aromatic heterocycles. The molecule has 0 unspecified atom stereocenters. The number of hydrogen-bond donors (Lipinski definition) is 0. The van der Waals surface area contributed by atoms with E-state index in [1.165, 1.54) is 13.2 Å². The number of carbonyl (C=O) groups excluding carboxylic acids is 1. The first kappa shape index (κ1) is 49.5. The Morgan fingerprint density at radius 1 is 0.557 bits per heavy atom. The van der Waals surface area contributed by atoms with Crippen LogP contribution in [0.3, 0.4) is 0 Å². The lowest BCUT2D eigenvalue weighted by Gasteiger charge is -2.46. The third-order valence-electron chi connectivity index (χ3n) is 12.5. The van der Waals surface area contributed by atoms with Crippen molar-refractivity contribution in [2.75, 3.05) is 48.8 Å². The first-order valence-electron chi connectivity index (χ1n) is 23.2. The molecular formula is C58H60O12. The van der Waals surface area contributed by atoms with Gasteiger partial charge in [0.25, 0.3) is 0 Å². The number of esters is 1. The van der Waals surface area contributed by atoms with E-state index in [9.17, 15) is 4.79 Å². The summed E-state index contributed by atoms with van der Waals surface area (Å²) < 4.78 is 72.0. The molecule has 1 heterocycles. The topological polar surface area (TPSA) is 119 Å². The van der Waals surface area contributed by atoms with Crippen molar-refractivity contribution in [1.29, 1.82) is 0 Å². The fourth-order valence-corrected chi connectivity index (χ4v) is 9.29. The Balaban J connectivity index is 1.36. The van der Waals surface area contributed by atoms with Crippen LogP contribution in [0.2, 0.25) is 0 Å². The van der Waals surface area contributed by atoms with Crippen LogP contribution in [0.4, 0.5) is 0 Å². The van der Waals surface area contributed by atoms with E-state index in [1.807, 2.05) is 134 Å². The molecule has 0 bridgehead atoms. The van der Waals surface area contributed by atoms with Gasteiger partial charge in [-0.3, -0.25) is 0 Å². The van der Waals surface area contributed by atoms with E-state index in [1.54, 1.807) is 34.5 Å². The Morgan fingerprint density at radius 2 is 1.06 bits per heavy atom. The van der Waals surface area contributed by atoms with E-state index in [2.05, 4.69) is 6.58 Å². The molecule has 0 radical (unpaired) electrons. The second kappa shape index (κ2) is 23.6. The summed E-state index contributed by atoms with van der Waals surface area (Å²) in [5.74, 6) is 1.36. The standard InChI is InChI=1S/C58H60O12/c1-8-29-66-58(59)48-37(2)47-42(30-44(48)60-3)51(62-5)49-45(61-4)31-43(52(63-6)50(49)55(47)64-7)53-56(68-34-40-25-17-11-18-26-40)57(69-35-41-27-19-12-20-28-41)54(67-33-39-23-15-10-16-24-39)46(70-53)36-65-32-38-21-13-9-14-22-38/h8-28,30-31,46,53-54,56-57H,1,29,32-36H2,2-7H3/t46-,53+,54-,56+,57+/m1/s1. The second-order valence-electron chi connectivity index (χ2n) is 16.8. The maximum atomic E-state index is 13.7. The summed E-state index contributed by atoms with van der Waals surface area (Å²) in [6, 6.07) is 43.6. The van der Waals surface area contributed by atoms with E-state index in [-0.39, 0.29) is 38.6 Å². The van der Waals surface area contributed by atoms with Crippen LogP contribution in [-0.2, 0) is 54.8 Å². The maximum Gasteiger partial charge on any atom is 0.342 e. The van der Waals surface area contributed by atoms with E-state index in [0.29, 0.717) is 68.0 Å². The van der Waals surface area contributed by atoms with Crippen molar-refractivity contribution in [1.82, 2.24) is 0 Å². The smallest absolute Gasteiger partial charge is 0.342 e. The number of methoxy groups -OCH3 is 5. The summed E-state index contributed by atoms with van der Waals surface area (Å²) >= 11 is 0. The van der Waals surface area contributed by atoms with Crippen molar-refractivity contribution in [2.24, 2.45) is 0 Å². The number of benzene rings is 7. The Labute approximate surface area is 409 Å². The van der Waals surface area contributed by atoms with Gasteiger partial charge in [0.1, 0.15) is 71.4 Å². The van der Waals surface area contributed by atoms with Crippen LogP contribution in [-0.4, -0.2) is 79.1 Å². The van der Waals surface area contributed by atoms with Crippen molar-refractivity contribution in [3.8, 4) is 28.7 Å². The second-order valence-corrected chi connectivity index (χ2v) is 16.8. The molecule has 1 fully saturated rings. The predicted octanol–water partition coefficient (Wildman–Crippen LogP) is 11.1. The highest BCUT2D eigenvalue weighted by Crippen LogP contribution is 2.55. The maximum absolute atomic E-state index is 13.7. The van der Waals surface area contributed by atoms with Gasteiger partial charge >= 0.3 is 5.97 Å². The van der Waals surface area contributed by atoms with Crippen molar-refractivity contribution < 1.29 is 56.9 Å². The van der Waals surface area contributed by atoms with E-state index in [4.69, 9.17) is 52.1 Å². The largest absolute Gasteiger partial charge is 0.496 e. The number of ether oxygens (including phenoxy) is 11. The molecular weight excluding hydrogens is 889 g/mol. The normalized spacial score (nSPS) is 17.8. The first-order valence-corrected chi connectivity index (χ1v) is 23.2. The van der Waals surface area contributed by atoms with Crippen LogP contribution in [0, 0.1) is 6.92 Å². The molecule has 1 aliphatic rings. The van der Waals surface area contributed by atoms with Crippen LogP contribution >= 0.6 is 0 Å². The minimum absolute atomic E-state index is 0.00736. The average molecular weight is 949 g/mol. The lowest BCUT2D eigenvalue weighted by molar-refractivity contribution is -0.275. The van der Waals surface area contributed by atoms with Gasteiger partial charge < -0.3 is 52.1 Å². The van der Waals surface area contributed by atoms with Crippen LogP contribution < -0.4 is 23.7 Å². The van der Waals surface area contributed by atoms with Gasteiger partial charge in [-0.1, -0.05) is 134 Å². The van der Waals surface area contributed by atoms with E-state index >= 15 is 0 Å². The van der Waals surface area contributed by atoms with Gasteiger partial charge in [-0.15, -0.1) is 0 Å². The number of rotatable bonds is 22. The molecule has 70 heavy (non-hydrogen) atoms. The predicted molar refractivity (Wildman–Crippen MR) is 268 cm³/mol. The summed E-state index contributed by atoms with van der Waals surface area (Å²) in [6.07, 6.45) is -2.34. The zero-order chi connectivity index (χ0) is 49.0. The molecule has 1 saturated heterocycles. The first-order chi connectivity index (χ1) is 34.3. The van der Waals surface area contributed by atoms with Crippen LogP contribution in [0.15, 0.2) is 146 Å². The molecule has 1 aliphatic heterocycles. The Kier molecular flexibility index (Phi) is 16.7. The van der Waals surface area contributed by atoms with E-state index in [0.717, 1.165) is 22.3 Å². The van der Waals surface area contributed by atoms with Crippen LogP contribution in [0.25, 0.3) is 21.5 Å². The summed E-state index contributed by atoms with van der Waals surface area (Å²) in [6.45, 7) is 6.76. The highest BCUT2D eigenvalue weighted by Gasteiger charge is 2.50. The van der Waals surface area contributed by atoms with Crippen molar-refractivity contribution in [3.63, 3.8) is 0 Å². The van der Waals surface area contributed by atoms with Crippen molar-refractivity contribution in [2.45, 2.75) is 63.9 Å². The van der Waals surface area contributed by atoms with Gasteiger partial charge in [-0.25, -0.2) is 4.79 Å². The molecule has 0 amide bonds. The minimum atomic E-state index is -0.896. The molecule has 8 rings (SSSR count). The van der Waals surface area contributed by atoms with Gasteiger partial charge in [0.15, 0.2) is 0 Å². The number of hydrogen-bond acceptors (Lipinski definition) is 12. The molecule has 0 aliphatic carbocycles. The van der Waals surface area contributed by atoms with Gasteiger partial charge in [-0.2, -0.15) is 0 Å². The zero-order valence-corrected chi connectivity index (χ0v) is 40.5. The zero-order valence-electron chi connectivity index (χ0n) is 40.5. The highest BCUT2D eigenvalue weighted by atomic mass is 16.6. The van der Waals surface area contributed by atoms with Crippen molar-refractivity contribution >= 4 is 27.5 Å². The molecule has 7 aromatic rings. The molecule has 12 nitrogen and oxygen atoms in total. The van der Waals surface area contributed by atoms with E-state index < -0.39 is 36.5 Å². The third-order valence-corrected chi connectivity index (χ3v) is 12.5. The number of carbonyl (C=O) groups is 1. The molecule has 5 atom stereocenters. The Bertz CT molecular complexity index is 2840. The summed E-state index contributed by atoms with van der Waals surface area (Å²) in [4.78, 5) is 13.7. The molecule has 364 valence electrons. The van der Waals surface area contributed by atoms with Gasteiger partial charge in [-0.05, 0) is 46.9 Å². The summed E-state index contributed by atoms with van der Waals surface area (Å²) in [7, 11) is 7.84. The fourth-order valence-electron chi connectivity index (χ4n) is 9.29. The summed E-state index contributed by atoms with van der Waals surface area (Å²) in [5, 5.41) is 2.24. The lowest BCUT2D eigenvalue weighted by Crippen LogP contribution is -2.58. The minimum Gasteiger partial charge on any atom is -0.496 e. The van der Waals surface area contributed by atoms with Gasteiger partial charge in [0.2, 0.25) is 0 Å². The SMILES string of the molecule is C=CCOC(=O)c1c(OC)cc2c(OC)c3c(OC)cc([C@@H]4O[C@H](COCc5ccccc5)[C@@H](OCc5ccccc5)[C@H](OCc5ccccc5)[C@H]4OCc4ccccc4)c(OC)c3c(OC)c2c1C. The fraction of sp³-hybridized carbons (Fsp3) is 0.293. The molecule has 0 saturated carbocycles. The summed E-state index contributed by atoms with van der Waals surface area (Å²) in [5.41, 5.74) is 5.25. The van der Waals surface area contributed by atoms with Crippen LogP contribution in [0.5, 0.6) is 28.7 Å². The van der Waals surface area contributed by atoms with Crippen molar-refractivity contribution in [3.05, 3.63) is 185 Å². The van der Waals surface area contributed by atoms with Gasteiger partial charge in [0, 0.05) is 16.3 Å². The quantitative estimate of drug-likeness (QED) is 0.0366. The van der Waals surface area contributed by atoms with Crippen LogP contribution in [0.1, 0.15) is 49.8 Å². The monoisotopic (exact) mass is 948 g/mol. The Hall–Kier alpha value is -6.93. The Morgan fingerprint density at radius 3 is 1.56 bits per heavy atom. The molecule has 0 spiro atoms. The molecule has 12 heteroatoms.